The van der Waals surface area contributed by atoms with Crippen molar-refractivity contribution in [1.82, 2.24) is 9.97 Å². The van der Waals surface area contributed by atoms with Gasteiger partial charge in [-0.3, -0.25) is 0 Å². The van der Waals surface area contributed by atoms with Gasteiger partial charge in [-0.25, -0.2) is 9.97 Å². The zero-order chi connectivity index (χ0) is 14.5. The molecule has 0 amide bonds. The molecular formula is C17H21N3O. The van der Waals surface area contributed by atoms with Gasteiger partial charge in [0.15, 0.2) is 0 Å². The first-order chi connectivity index (χ1) is 10.3. The van der Waals surface area contributed by atoms with Gasteiger partial charge in [-0.15, -0.1) is 0 Å². The van der Waals surface area contributed by atoms with E-state index in [-0.39, 0.29) is 0 Å². The molecule has 1 aliphatic heterocycles. The summed E-state index contributed by atoms with van der Waals surface area (Å²) in [6.07, 6.45) is 3.70. The molecule has 1 aromatic carbocycles. The smallest absolute Gasteiger partial charge is 0.129 e. The van der Waals surface area contributed by atoms with Crippen molar-refractivity contribution >= 4 is 5.82 Å². The highest BCUT2D eigenvalue weighted by Gasteiger charge is 2.19. The summed E-state index contributed by atoms with van der Waals surface area (Å²) in [4.78, 5) is 8.67. The Morgan fingerprint density at radius 1 is 1.29 bits per heavy atom. The molecule has 0 unspecified atom stereocenters. The van der Waals surface area contributed by atoms with Crippen molar-refractivity contribution in [3.63, 3.8) is 0 Å². The highest BCUT2D eigenvalue weighted by molar-refractivity contribution is 5.36. The monoisotopic (exact) mass is 283 g/mol. The summed E-state index contributed by atoms with van der Waals surface area (Å²) < 4.78 is 5.42. The van der Waals surface area contributed by atoms with E-state index in [9.17, 15) is 0 Å². The van der Waals surface area contributed by atoms with Crippen molar-refractivity contribution in [2.45, 2.75) is 25.7 Å². The molecule has 4 nitrogen and oxygen atoms in total. The second-order valence-corrected chi connectivity index (χ2v) is 5.49. The maximum absolute atomic E-state index is 5.42. The van der Waals surface area contributed by atoms with Gasteiger partial charge >= 0.3 is 0 Å². The molecule has 1 saturated heterocycles. The third-order valence-electron chi connectivity index (χ3n) is 4.00. The van der Waals surface area contributed by atoms with Gasteiger partial charge in [0.2, 0.25) is 0 Å². The van der Waals surface area contributed by atoms with E-state index in [2.05, 4.69) is 52.5 Å². The SMILES string of the molecule is Cc1ccccc1CCNc1cc([C@H]2CCOC2)ncn1. The van der Waals surface area contributed by atoms with E-state index in [1.54, 1.807) is 6.33 Å². The minimum atomic E-state index is 0.421. The number of aromatic nitrogens is 2. The van der Waals surface area contributed by atoms with Gasteiger partial charge in [-0.05, 0) is 30.9 Å². The summed E-state index contributed by atoms with van der Waals surface area (Å²) in [7, 11) is 0. The Morgan fingerprint density at radius 2 is 2.19 bits per heavy atom. The highest BCUT2D eigenvalue weighted by Crippen LogP contribution is 2.24. The highest BCUT2D eigenvalue weighted by atomic mass is 16.5. The molecule has 21 heavy (non-hydrogen) atoms. The zero-order valence-corrected chi connectivity index (χ0v) is 12.4. The largest absolute Gasteiger partial charge is 0.381 e. The topological polar surface area (TPSA) is 47.0 Å². The van der Waals surface area contributed by atoms with Crippen LogP contribution in [0.3, 0.4) is 0 Å². The van der Waals surface area contributed by atoms with Crippen LogP contribution in [0, 0.1) is 6.92 Å². The first-order valence-corrected chi connectivity index (χ1v) is 7.51. The fourth-order valence-corrected chi connectivity index (χ4v) is 2.68. The standard InChI is InChI=1S/C17H21N3O/c1-13-4-2-3-5-14(13)6-8-18-17-10-16(19-12-20-17)15-7-9-21-11-15/h2-5,10,12,15H,6-9,11H2,1H3,(H,18,19,20)/t15-/m0/s1. The summed E-state index contributed by atoms with van der Waals surface area (Å²) in [5.74, 6) is 1.32. The number of hydrogen-bond acceptors (Lipinski definition) is 4. The maximum Gasteiger partial charge on any atom is 0.129 e. The van der Waals surface area contributed by atoms with E-state index in [1.807, 2.05) is 0 Å². The molecule has 2 heterocycles. The lowest BCUT2D eigenvalue weighted by molar-refractivity contribution is 0.193. The molecular weight excluding hydrogens is 262 g/mol. The van der Waals surface area contributed by atoms with Gasteiger partial charge < -0.3 is 10.1 Å². The van der Waals surface area contributed by atoms with E-state index in [0.29, 0.717) is 5.92 Å². The van der Waals surface area contributed by atoms with Crippen molar-refractivity contribution in [1.29, 1.82) is 0 Å². The third kappa shape index (κ3) is 3.58. The van der Waals surface area contributed by atoms with Crippen LogP contribution in [0.15, 0.2) is 36.7 Å². The quantitative estimate of drug-likeness (QED) is 0.916. The first kappa shape index (κ1) is 14.0. The molecule has 0 saturated carbocycles. The molecule has 0 aliphatic carbocycles. The zero-order valence-electron chi connectivity index (χ0n) is 12.4. The molecule has 1 atom stereocenters. The van der Waals surface area contributed by atoms with Crippen molar-refractivity contribution in [2.24, 2.45) is 0 Å². The van der Waals surface area contributed by atoms with Gasteiger partial charge in [0.25, 0.3) is 0 Å². The van der Waals surface area contributed by atoms with Crippen LogP contribution in [0.1, 0.15) is 29.2 Å². The molecule has 110 valence electrons. The van der Waals surface area contributed by atoms with Gasteiger partial charge in [-0.1, -0.05) is 24.3 Å². The summed E-state index contributed by atoms with van der Waals surface area (Å²) >= 11 is 0. The van der Waals surface area contributed by atoms with Crippen LogP contribution >= 0.6 is 0 Å². The second-order valence-electron chi connectivity index (χ2n) is 5.49. The molecule has 1 N–H and O–H groups in total. The summed E-state index contributed by atoms with van der Waals surface area (Å²) in [6.45, 7) is 4.64. The van der Waals surface area contributed by atoms with Crippen LogP contribution in [0.4, 0.5) is 5.82 Å². The number of benzene rings is 1. The fraction of sp³-hybridized carbons (Fsp3) is 0.412. The van der Waals surface area contributed by atoms with E-state index >= 15 is 0 Å². The lowest BCUT2D eigenvalue weighted by Gasteiger charge is -2.10. The van der Waals surface area contributed by atoms with Crippen molar-refractivity contribution < 1.29 is 4.74 Å². The average molecular weight is 283 g/mol. The molecule has 1 aromatic heterocycles. The Bertz CT molecular complexity index is 594. The summed E-state index contributed by atoms with van der Waals surface area (Å²) in [5, 5.41) is 3.39. The second kappa shape index (κ2) is 6.68. The Hall–Kier alpha value is -1.94. The Morgan fingerprint density at radius 3 is 3.00 bits per heavy atom. The van der Waals surface area contributed by atoms with Crippen LogP contribution in [0.25, 0.3) is 0 Å². The number of ether oxygens (including phenoxy) is 1. The van der Waals surface area contributed by atoms with Gasteiger partial charge in [0.1, 0.15) is 12.1 Å². The number of anilines is 1. The molecule has 2 aromatic rings. The molecule has 0 bridgehead atoms. The molecule has 1 fully saturated rings. The number of rotatable bonds is 5. The van der Waals surface area contributed by atoms with E-state index in [4.69, 9.17) is 4.74 Å². The van der Waals surface area contributed by atoms with Gasteiger partial charge in [-0.2, -0.15) is 0 Å². The van der Waals surface area contributed by atoms with Crippen LogP contribution < -0.4 is 5.32 Å². The lowest BCUT2D eigenvalue weighted by atomic mass is 10.0. The first-order valence-electron chi connectivity index (χ1n) is 7.51. The Labute approximate surface area is 125 Å². The molecule has 3 rings (SSSR count). The molecule has 1 aliphatic rings. The predicted octanol–water partition coefficient (Wildman–Crippen LogP) is 2.94. The lowest BCUT2D eigenvalue weighted by Crippen LogP contribution is -2.09. The number of hydrogen-bond donors (Lipinski definition) is 1. The van der Waals surface area contributed by atoms with E-state index < -0.39 is 0 Å². The number of nitrogens with zero attached hydrogens (tertiary/aromatic N) is 2. The summed E-state index contributed by atoms with van der Waals surface area (Å²) in [5.41, 5.74) is 3.80. The van der Waals surface area contributed by atoms with Crippen LogP contribution in [-0.2, 0) is 11.2 Å². The molecule has 4 heteroatoms. The summed E-state index contributed by atoms with van der Waals surface area (Å²) in [6, 6.07) is 10.5. The van der Waals surface area contributed by atoms with Crippen molar-refractivity contribution in [3.05, 3.63) is 53.5 Å². The number of nitrogens with one attached hydrogen (secondary N) is 1. The molecule has 0 spiro atoms. The number of aryl methyl sites for hydroxylation is 1. The van der Waals surface area contributed by atoms with Crippen LogP contribution in [-0.4, -0.2) is 29.7 Å². The van der Waals surface area contributed by atoms with E-state index in [1.165, 1.54) is 11.1 Å². The van der Waals surface area contributed by atoms with Gasteiger partial charge in [0, 0.05) is 25.1 Å². The third-order valence-corrected chi connectivity index (χ3v) is 4.00. The minimum Gasteiger partial charge on any atom is -0.381 e. The van der Waals surface area contributed by atoms with Crippen molar-refractivity contribution in [2.75, 3.05) is 25.1 Å². The maximum atomic E-state index is 5.42. The Kier molecular flexibility index (Phi) is 4.46. The fourth-order valence-electron chi connectivity index (χ4n) is 2.68. The minimum absolute atomic E-state index is 0.421. The Balaban J connectivity index is 1.58. The van der Waals surface area contributed by atoms with Gasteiger partial charge in [0.05, 0.1) is 12.3 Å². The van der Waals surface area contributed by atoms with E-state index in [0.717, 1.165) is 44.1 Å². The van der Waals surface area contributed by atoms with Crippen molar-refractivity contribution in [3.8, 4) is 0 Å². The van der Waals surface area contributed by atoms with Crippen LogP contribution in [0.5, 0.6) is 0 Å². The average Bonchev–Trinajstić information content (AvgIpc) is 3.04. The molecule has 0 radical (unpaired) electrons. The predicted molar refractivity (Wildman–Crippen MR) is 83.6 cm³/mol. The normalized spacial score (nSPS) is 17.9. The van der Waals surface area contributed by atoms with Crippen LogP contribution in [0.2, 0.25) is 0 Å².